The van der Waals surface area contributed by atoms with Crippen LogP contribution in [0.2, 0.25) is 0 Å². The zero-order valence-corrected chi connectivity index (χ0v) is 12.8. The van der Waals surface area contributed by atoms with Crippen molar-refractivity contribution in [2.45, 2.75) is 39.0 Å². The van der Waals surface area contributed by atoms with Crippen molar-refractivity contribution < 1.29 is 0 Å². The van der Waals surface area contributed by atoms with Gasteiger partial charge in [-0.1, -0.05) is 26.2 Å². The SMILES string of the molecule is CCC1CCC(CNc2ccc(N)c3ccncc23)CC1. The van der Waals surface area contributed by atoms with Crippen LogP contribution in [0.3, 0.4) is 0 Å². The molecule has 0 spiro atoms. The lowest BCUT2D eigenvalue weighted by Gasteiger charge is -2.28. The van der Waals surface area contributed by atoms with Gasteiger partial charge in [0.2, 0.25) is 0 Å². The zero-order chi connectivity index (χ0) is 14.7. The molecular formula is C18H25N3. The minimum Gasteiger partial charge on any atom is -0.398 e. The van der Waals surface area contributed by atoms with Gasteiger partial charge >= 0.3 is 0 Å². The second-order valence-corrected chi connectivity index (χ2v) is 6.30. The summed E-state index contributed by atoms with van der Waals surface area (Å²) in [7, 11) is 0. The first-order valence-corrected chi connectivity index (χ1v) is 8.14. The van der Waals surface area contributed by atoms with E-state index in [2.05, 4.69) is 23.3 Å². The molecule has 0 bridgehead atoms. The van der Waals surface area contributed by atoms with Gasteiger partial charge in [0.25, 0.3) is 0 Å². The Morgan fingerprint density at radius 1 is 1.10 bits per heavy atom. The van der Waals surface area contributed by atoms with Gasteiger partial charge < -0.3 is 11.1 Å². The highest BCUT2D eigenvalue weighted by molar-refractivity contribution is 6.00. The summed E-state index contributed by atoms with van der Waals surface area (Å²) in [5.41, 5.74) is 8.02. The molecule has 3 rings (SSSR count). The quantitative estimate of drug-likeness (QED) is 0.815. The summed E-state index contributed by atoms with van der Waals surface area (Å²) in [6.45, 7) is 3.38. The first kappa shape index (κ1) is 14.2. The number of anilines is 2. The van der Waals surface area contributed by atoms with Crippen LogP contribution in [0.5, 0.6) is 0 Å². The van der Waals surface area contributed by atoms with Crippen molar-refractivity contribution in [2.24, 2.45) is 11.8 Å². The Morgan fingerprint density at radius 2 is 1.86 bits per heavy atom. The van der Waals surface area contributed by atoms with Crippen LogP contribution in [-0.2, 0) is 0 Å². The predicted octanol–water partition coefficient (Wildman–Crippen LogP) is 4.45. The fourth-order valence-corrected chi connectivity index (χ4v) is 3.47. The molecule has 1 aliphatic rings. The summed E-state index contributed by atoms with van der Waals surface area (Å²) >= 11 is 0. The van der Waals surface area contributed by atoms with Crippen molar-refractivity contribution in [2.75, 3.05) is 17.6 Å². The normalized spacial score (nSPS) is 22.3. The predicted molar refractivity (Wildman–Crippen MR) is 90.4 cm³/mol. The summed E-state index contributed by atoms with van der Waals surface area (Å²) in [6, 6.07) is 6.05. The summed E-state index contributed by atoms with van der Waals surface area (Å²) in [5, 5.41) is 5.83. The summed E-state index contributed by atoms with van der Waals surface area (Å²) < 4.78 is 0. The third-order valence-corrected chi connectivity index (χ3v) is 4.98. The van der Waals surface area contributed by atoms with Crippen LogP contribution in [0.1, 0.15) is 39.0 Å². The number of fused-ring (bicyclic) bond motifs is 1. The molecule has 1 aromatic heterocycles. The van der Waals surface area contributed by atoms with E-state index in [1.165, 1.54) is 32.1 Å². The van der Waals surface area contributed by atoms with Crippen LogP contribution in [0.25, 0.3) is 10.8 Å². The number of nitrogens with two attached hydrogens (primary N) is 1. The third kappa shape index (κ3) is 3.12. The summed E-state index contributed by atoms with van der Waals surface area (Å²) in [4.78, 5) is 4.23. The van der Waals surface area contributed by atoms with Crippen LogP contribution in [-0.4, -0.2) is 11.5 Å². The molecule has 0 aliphatic heterocycles. The molecule has 2 aromatic rings. The molecular weight excluding hydrogens is 258 g/mol. The minimum absolute atomic E-state index is 0.803. The topological polar surface area (TPSA) is 50.9 Å². The number of nitrogens with zero attached hydrogens (tertiary/aromatic N) is 1. The molecule has 1 aliphatic carbocycles. The first-order valence-electron chi connectivity index (χ1n) is 8.14. The Bertz CT molecular complexity index is 600. The maximum atomic E-state index is 6.04. The molecule has 3 nitrogen and oxygen atoms in total. The van der Waals surface area contributed by atoms with Crippen LogP contribution in [0, 0.1) is 11.8 Å². The monoisotopic (exact) mass is 283 g/mol. The van der Waals surface area contributed by atoms with Crippen LogP contribution < -0.4 is 11.1 Å². The molecule has 3 heteroatoms. The van der Waals surface area contributed by atoms with Gasteiger partial charge in [-0.3, -0.25) is 4.98 Å². The second-order valence-electron chi connectivity index (χ2n) is 6.30. The van der Waals surface area contributed by atoms with Crippen molar-refractivity contribution in [3.8, 4) is 0 Å². The maximum absolute atomic E-state index is 6.04. The Hall–Kier alpha value is -1.77. The lowest BCUT2D eigenvalue weighted by Crippen LogP contribution is -2.21. The molecule has 1 saturated carbocycles. The molecule has 1 aromatic carbocycles. The smallest absolute Gasteiger partial charge is 0.0437 e. The summed E-state index contributed by atoms with van der Waals surface area (Å²) in [5.74, 6) is 1.76. The van der Waals surface area contributed by atoms with E-state index >= 15 is 0 Å². The number of hydrogen-bond acceptors (Lipinski definition) is 3. The molecule has 0 atom stereocenters. The fraction of sp³-hybridized carbons (Fsp3) is 0.500. The molecule has 0 unspecified atom stereocenters. The van der Waals surface area contributed by atoms with Crippen molar-refractivity contribution in [3.63, 3.8) is 0 Å². The number of benzene rings is 1. The Kier molecular flexibility index (Phi) is 4.28. The van der Waals surface area contributed by atoms with Gasteiger partial charge in [0, 0.05) is 41.1 Å². The van der Waals surface area contributed by atoms with E-state index in [0.29, 0.717) is 0 Å². The highest BCUT2D eigenvalue weighted by atomic mass is 14.9. The molecule has 3 N–H and O–H groups in total. The van der Waals surface area contributed by atoms with E-state index in [1.54, 1.807) is 6.20 Å². The molecule has 21 heavy (non-hydrogen) atoms. The van der Waals surface area contributed by atoms with Crippen LogP contribution >= 0.6 is 0 Å². The number of rotatable bonds is 4. The molecule has 0 radical (unpaired) electrons. The van der Waals surface area contributed by atoms with Crippen molar-refractivity contribution in [1.82, 2.24) is 4.98 Å². The Morgan fingerprint density at radius 3 is 2.62 bits per heavy atom. The van der Waals surface area contributed by atoms with Gasteiger partial charge in [0.1, 0.15) is 0 Å². The van der Waals surface area contributed by atoms with E-state index in [0.717, 1.165) is 40.5 Å². The van der Waals surface area contributed by atoms with Crippen molar-refractivity contribution >= 4 is 22.1 Å². The van der Waals surface area contributed by atoms with Crippen molar-refractivity contribution in [1.29, 1.82) is 0 Å². The maximum Gasteiger partial charge on any atom is 0.0437 e. The van der Waals surface area contributed by atoms with Gasteiger partial charge in [-0.2, -0.15) is 0 Å². The van der Waals surface area contributed by atoms with Gasteiger partial charge in [0.15, 0.2) is 0 Å². The summed E-state index contributed by atoms with van der Waals surface area (Å²) in [6.07, 6.45) is 10.6. The lowest BCUT2D eigenvalue weighted by atomic mass is 9.81. The molecule has 0 amide bonds. The van der Waals surface area contributed by atoms with Gasteiger partial charge in [-0.15, -0.1) is 0 Å². The van der Waals surface area contributed by atoms with Gasteiger partial charge in [-0.25, -0.2) is 0 Å². The van der Waals surface area contributed by atoms with Gasteiger partial charge in [0.05, 0.1) is 0 Å². The first-order chi connectivity index (χ1) is 10.3. The Balaban J connectivity index is 1.67. The molecule has 1 fully saturated rings. The average molecular weight is 283 g/mol. The van der Waals surface area contributed by atoms with Crippen LogP contribution in [0.4, 0.5) is 11.4 Å². The number of nitrogens with one attached hydrogen (secondary N) is 1. The Labute approximate surface area is 127 Å². The number of nitrogen functional groups attached to an aromatic ring is 1. The van der Waals surface area contributed by atoms with E-state index in [4.69, 9.17) is 5.73 Å². The van der Waals surface area contributed by atoms with Gasteiger partial charge in [-0.05, 0) is 42.9 Å². The average Bonchev–Trinajstić information content (AvgIpc) is 2.55. The van der Waals surface area contributed by atoms with E-state index in [-0.39, 0.29) is 0 Å². The number of pyridine rings is 1. The molecule has 112 valence electrons. The number of aromatic nitrogens is 1. The molecule has 1 heterocycles. The van der Waals surface area contributed by atoms with E-state index in [1.807, 2.05) is 18.3 Å². The zero-order valence-electron chi connectivity index (χ0n) is 12.8. The third-order valence-electron chi connectivity index (χ3n) is 4.98. The van der Waals surface area contributed by atoms with Crippen molar-refractivity contribution in [3.05, 3.63) is 30.6 Å². The number of hydrogen-bond donors (Lipinski definition) is 2. The second kappa shape index (κ2) is 6.33. The lowest BCUT2D eigenvalue weighted by molar-refractivity contribution is 0.278. The van der Waals surface area contributed by atoms with Crippen LogP contribution in [0.15, 0.2) is 30.6 Å². The standard InChI is InChI=1S/C18H25N3/c1-2-13-3-5-14(6-4-13)11-21-18-8-7-17(19)15-9-10-20-12-16(15)18/h7-10,12-14,21H,2-6,11,19H2,1H3. The minimum atomic E-state index is 0.803. The van der Waals surface area contributed by atoms with E-state index < -0.39 is 0 Å². The highest BCUT2D eigenvalue weighted by Crippen LogP contribution is 2.32. The highest BCUT2D eigenvalue weighted by Gasteiger charge is 2.19. The molecule has 0 saturated heterocycles. The fourth-order valence-electron chi connectivity index (χ4n) is 3.47. The largest absolute Gasteiger partial charge is 0.398 e. The van der Waals surface area contributed by atoms with E-state index in [9.17, 15) is 0 Å².